The molecule has 0 radical (unpaired) electrons. The van der Waals surface area contributed by atoms with Crippen molar-refractivity contribution < 1.29 is 13.9 Å². The molecule has 0 spiro atoms. The third-order valence-electron chi connectivity index (χ3n) is 4.67. The standard InChI is InChI=1S/C20H19BrFN3O2S/c21-15-6-4-14(5-7-15)19(26)25(9-8-24-10-12-27-13-11-24)20-23-18-16(22)2-1-3-17(18)28-20/h1-7H,8-13H2. The normalized spacial score (nSPS) is 15.1. The predicted octanol–water partition coefficient (Wildman–Crippen LogP) is 4.18. The van der Waals surface area contributed by atoms with Gasteiger partial charge in [0.2, 0.25) is 0 Å². The van der Waals surface area contributed by atoms with Crippen LogP contribution in [-0.4, -0.2) is 55.2 Å². The van der Waals surface area contributed by atoms with Crippen molar-refractivity contribution in [3.05, 3.63) is 58.3 Å². The van der Waals surface area contributed by atoms with Crippen LogP contribution in [0.25, 0.3) is 10.2 Å². The molecule has 3 aromatic rings. The van der Waals surface area contributed by atoms with Crippen LogP contribution < -0.4 is 4.90 Å². The van der Waals surface area contributed by atoms with Gasteiger partial charge in [0.25, 0.3) is 5.91 Å². The first-order valence-electron chi connectivity index (χ1n) is 9.04. The van der Waals surface area contributed by atoms with Gasteiger partial charge in [-0.25, -0.2) is 9.37 Å². The molecule has 1 aliphatic heterocycles. The molecule has 0 unspecified atom stereocenters. The molecule has 4 rings (SSSR count). The van der Waals surface area contributed by atoms with Gasteiger partial charge < -0.3 is 4.74 Å². The number of rotatable bonds is 5. The summed E-state index contributed by atoms with van der Waals surface area (Å²) in [6.45, 7) is 4.28. The number of benzene rings is 2. The lowest BCUT2D eigenvalue weighted by atomic mass is 10.2. The number of morpholine rings is 1. The zero-order chi connectivity index (χ0) is 19.5. The van der Waals surface area contributed by atoms with Gasteiger partial charge in [-0.2, -0.15) is 0 Å². The van der Waals surface area contributed by atoms with Gasteiger partial charge in [-0.15, -0.1) is 0 Å². The average Bonchev–Trinajstić information content (AvgIpc) is 3.15. The summed E-state index contributed by atoms with van der Waals surface area (Å²) in [4.78, 5) is 21.6. The van der Waals surface area contributed by atoms with E-state index in [2.05, 4.69) is 25.8 Å². The van der Waals surface area contributed by atoms with Crippen LogP contribution in [0.4, 0.5) is 9.52 Å². The molecule has 2 aromatic carbocycles. The molecule has 5 nitrogen and oxygen atoms in total. The van der Waals surface area contributed by atoms with E-state index in [0.717, 1.165) is 22.3 Å². The maximum absolute atomic E-state index is 14.1. The second-order valence-corrected chi connectivity index (χ2v) is 8.43. The van der Waals surface area contributed by atoms with Crippen LogP contribution in [0.2, 0.25) is 0 Å². The van der Waals surface area contributed by atoms with Gasteiger partial charge in [0.1, 0.15) is 11.3 Å². The number of nitrogens with zero attached hydrogens (tertiary/aromatic N) is 3. The number of carbonyl (C=O) groups excluding carboxylic acids is 1. The molecule has 0 aliphatic carbocycles. The highest BCUT2D eigenvalue weighted by Gasteiger charge is 2.23. The molecule has 1 aromatic heterocycles. The summed E-state index contributed by atoms with van der Waals surface area (Å²) >= 11 is 4.73. The zero-order valence-corrected chi connectivity index (χ0v) is 17.5. The Hall–Kier alpha value is -1.87. The van der Waals surface area contributed by atoms with Crippen molar-refractivity contribution in [3.63, 3.8) is 0 Å². The van der Waals surface area contributed by atoms with E-state index in [4.69, 9.17) is 4.74 Å². The summed E-state index contributed by atoms with van der Waals surface area (Å²) in [6, 6.07) is 12.1. The van der Waals surface area contributed by atoms with Crippen LogP contribution in [0.1, 0.15) is 10.4 Å². The molecule has 0 saturated carbocycles. The van der Waals surface area contributed by atoms with Crippen molar-refractivity contribution in [1.29, 1.82) is 0 Å². The van der Waals surface area contributed by atoms with Gasteiger partial charge in [-0.05, 0) is 36.4 Å². The lowest BCUT2D eigenvalue weighted by Gasteiger charge is -2.29. The molecule has 1 saturated heterocycles. The van der Waals surface area contributed by atoms with E-state index in [-0.39, 0.29) is 11.7 Å². The monoisotopic (exact) mass is 463 g/mol. The molecule has 0 N–H and O–H groups in total. The highest BCUT2D eigenvalue weighted by atomic mass is 79.9. The number of fused-ring (bicyclic) bond motifs is 1. The van der Waals surface area contributed by atoms with Crippen molar-refractivity contribution in [2.24, 2.45) is 0 Å². The molecule has 0 atom stereocenters. The summed E-state index contributed by atoms with van der Waals surface area (Å²) in [6.07, 6.45) is 0. The minimum Gasteiger partial charge on any atom is -0.379 e. The van der Waals surface area contributed by atoms with Gasteiger partial charge >= 0.3 is 0 Å². The lowest BCUT2D eigenvalue weighted by Crippen LogP contribution is -2.43. The quantitative estimate of drug-likeness (QED) is 0.569. The van der Waals surface area contributed by atoms with Crippen LogP contribution in [0.5, 0.6) is 0 Å². The molecule has 1 aliphatic rings. The van der Waals surface area contributed by atoms with Crippen LogP contribution in [0, 0.1) is 5.82 Å². The first kappa shape index (κ1) is 19.4. The first-order valence-corrected chi connectivity index (χ1v) is 10.7. The number of carbonyl (C=O) groups is 1. The number of amides is 1. The summed E-state index contributed by atoms with van der Waals surface area (Å²) in [5.74, 6) is -0.510. The Labute approximate surface area is 174 Å². The highest BCUT2D eigenvalue weighted by molar-refractivity contribution is 9.10. The number of halogens is 2. The number of aromatic nitrogens is 1. The van der Waals surface area contributed by atoms with Crippen LogP contribution in [-0.2, 0) is 4.74 Å². The molecular weight excluding hydrogens is 445 g/mol. The summed E-state index contributed by atoms with van der Waals surface area (Å²) < 4.78 is 21.2. The number of para-hydroxylation sites is 1. The lowest BCUT2D eigenvalue weighted by molar-refractivity contribution is 0.0391. The molecular formula is C20H19BrFN3O2S. The minimum atomic E-state index is -0.371. The second kappa shape index (κ2) is 8.65. The van der Waals surface area contributed by atoms with E-state index >= 15 is 0 Å². The largest absolute Gasteiger partial charge is 0.379 e. The van der Waals surface area contributed by atoms with E-state index in [1.54, 1.807) is 23.1 Å². The molecule has 28 heavy (non-hydrogen) atoms. The van der Waals surface area contributed by atoms with Gasteiger partial charge in [0, 0.05) is 36.2 Å². The fourth-order valence-corrected chi connectivity index (χ4v) is 4.39. The van der Waals surface area contributed by atoms with E-state index in [1.165, 1.54) is 17.4 Å². The van der Waals surface area contributed by atoms with Crippen LogP contribution in [0.3, 0.4) is 0 Å². The predicted molar refractivity (Wildman–Crippen MR) is 113 cm³/mol. The van der Waals surface area contributed by atoms with Crippen LogP contribution in [0.15, 0.2) is 46.9 Å². The van der Waals surface area contributed by atoms with Crippen molar-refractivity contribution in [3.8, 4) is 0 Å². The first-order chi connectivity index (χ1) is 13.6. The van der Waals surface area contributed by atoms with E-state index in [9.17, 15) is 9.18 Å². The molecule has 8 heteroatoms. The van der Waals surface area contributed by atoms with Crippen LogP contribution >= 0.6 is 27.3 Å². The summed E-state index contributed by atoms with van der Waals surface area (Å²) in [5.41, 5.74) is 0.882. The third kappa shape index (κ3) is 4.25. The number of anilines is 1. The molecule has 2 heterocycles. The van der Waals surface area contributed by atoms with Gasteiger partial charge in [-0.3, -0.25) is 14.6 Å². The van der Waals surface area contributed by atoms with Crippen molar-refractivity contribution in [2.45, 2.75) is 0 Å². The van der Waals surface area contributed by atoms with E-state index in [1.807, 2.05) is 18.2 Å². The highest BCUT2D eigenvalue weighted by Crippen LogP contribution is 2.31. The Balaban J connectivity index is 1.64. The number of hydrogen-bond donors (Lipinski definition) is 0. The van der Waals surface area contributed by atoms with Crippen molar-refractivity contribution in [2.75, 3.05) is 44.3 Å². The van der Waals surface area contributed by atoms with E-state index in [0.29, 0.717) is 42.5 Å². The Morgan fingerprint density at radius 3 is 2.68 bits per heavy atom. The maximum Gasteiger partial charge on any atom is 0.260 e. The fraction of sp³-hybridized carbons (Fsp3) is 0.300. The van der Waals surface area contributed by atoms with Crippen molar-refractivity contribution >= 4 is 48.5 Å². The topological polar surface area (TPSA) is 45.7 Å². The smallest absolute Gasteiger partial charge is 0.260 e. The molecule has 0 bridgehead atoms. The Morgan fingerprint density at radius 1 is 1.21 bits per heavy atom. The SMILES string of the molecule is O=C(c1ccc(Br)cc1)N(CCN1CCOCC1)c1nc2c(F)cccc2s1. The molecule has 1 fully saturated rings. The average molecular weight is 464 g/mol. The second-order valence-electron chi connectivity index (χ2n) is 6.50. The Bertz CT molecular complexity index is 973. The third-order valence-corrected chi connectivity index (χ3v) is 6.24. The van der Waals surface area contributed by atoms with E-state index < -0.39 is 0 Å². The molecule has 146 valence electrons. The van der Waals surface area contributed by atoms with Gasteiger partial charge in [-0.1, -0.05) is 33.3 Å². The number of ether oxygens (including phenoxy) is 1. The minimum absolute atomic E-state index is 0.139. The Morgan fingerprint density at radius 2 is 1.96 bits per heavy atom. The van der Waals surface area contributed by atoms with Gasteiger partial charge in [0.15, 0.2) is 5.13 Å². The number of hydrogen-bond acceptors (Lipinski definition) is 5. The maximum atomic E-state index is 14.1. The fourth-order valence-electron chi connectivity index (χ4n) is 3.12. The summed E-state index contributed by atoms with van der Waals surface area (Å²) in [7, 11) is 0. The van der Waals surface area contributed by atoms with Crippen molar-refractivity contribution in [1.82, 2.24) is 9.88 Å². The van der Waals surface area contributed by atoms with Gasteiger partial charge in [0.05, 0.1) is 17.9 Å². The summed E-state index contributed by atoms with van der Waals surface area (Å²) in [5, 5.41) is 0.515. The number of thiazole rings is 1. The zero-order valence-electron chi connectivity index (χ0n) is 15.1. The molecule has 1 amide bonds. The Kier molecular flexibility index (Phi) is 6.01.